The van der Waals surface area contributed by atoms with Gasteiger partial charge in [0.05, 0.1) is 0 Å². The fourth-order valence-corrected chi connectivity index (χ4v) is 7.81. The van der Waals surface area contributed by atoms with Crippen molar-refractivity contribution < 1.29 is 28.6 Å². The van der Waals surface area contributed by atoms with Crippen LogP contribution in [0.15, 0.2) is 60.8 Å². The first-order valence-corrected chi connectivity index (χ1v) is 27.8. The molecule has 0 aromatic rings. The van der Waals surface area contributed by atoms with Crippen LogP contribution in [0.4, 0.5) is 0 Å². The summed E-state index contributed by atoms with van der Waals surface area (Å²) in [5.74, 6) is -1.02. The quantitative estimate of drug-likeness (QED) is 0.0262. The van der Waals surface area contributed by atoms with Crippen LogP contribution in [0.3, 0.4) is 0 Å². The SMILES string of the molecule is CCCCCCCC/C=C/C/C=C/C/C=C/CCCC(=O)OCC(COC(=O)CC/C=C/C/C=C/CCCCCCCC)OC(=O)CCCCCCCCCCCCCCCCCCC. The molecule has 0 saturated carbocycles. The van der Waals surface area contributed by atoms with Crippen molar-refractivity contribution in [3.63, 3.8) is 0 Å². The van der Waals surface area contributed by atoms with Gasteiger partial charge in [-0.3, -0.25) is 14.4 Å². The summed E-state index contributed by atoms with van der Waals surface area (Å²) >= 11 is 0. The van der Waals surface area contributed by atoms with Crippen LogP contribution in [0.5, 0.6) is 0 Å². The molecule has 0 radical (unpaired) electrons. The molecule has 0 aromatic heterocycles. The average Bonchev–Trinajstić information content (AvgIpc) is 3.30. The van der Waals surface area contributed by atoms with E-state index in [1.165, 1.54) is 173 Å². The van der Waals surface area contributed by atoms with Gasteiger partial charge in [-0.2, -0.15) is 0 Å². The van der Waals surface area contributed by atoms with Gasteiger partial charge in [0.15, 0.2) is 6.10 Å². The molecule has 0 rings (SSSR count). The van der Waals surface area contributed by atoms with E-state index < -0.39 is 6.10 Å². The molecule has 0 bridgehead atoms. The molecule has 0 aliphatic heterocycles. The molecule has 0 aromatic carbocycles. The van der Waals surface area contributed by atoms with E-state index >= 15 is 0 Å². The van der Waals surface area contributed by atoms with Gasteiger partial charge in [0, 0.05) is 19.3 Å². The fraction of sp³-hybridized carbons (Fsp3) is 0.780. The van der Waals surface area contributed by atoms with E-state index in [9.17, 15) is 14.4 Å². The van der Waals surface area contributed by atoms with Gasteiger partial charge >= 0.3 is 17.9 Å². The summed E-state index contributed by atoms with van der Waals surface area (Å²) in [6.07, 6.45) is 66.6. The van der Waals surface area contributed by atoms with Gasteiger partial charge in [-0.25, -0.2) is 0 Å². The molecule has 65 heavy (non-hydrogen) atoms. The Balaban J connectivity index is 4.47. The number of rotatable bonds is 50. The predicted octanol–water partition coefficient (Wildman–Crippen LogP) is 18.4. The highest BCUT2D eigenvalue weighted by atomic mass is 16.6. The van der Waals surface area contributed by atoms with Crippen LogP contribution in [0, 0.1) is 0 Å². The Kier molecular flexibility index (Phi) is 51.3. The van der Waals surface area contributed by atoms with Crippen LogP contribution in [0.25, 0.3) is 0 Å². The molecule has 0 heterocycles. The third kappa shape index (κ3) is 51.9. The van der Waals surface area contributed by atoms with Crippen LogP contribution in [-0.2, 0) is 28.6 Å². The molecule has 6 heteroatoms. The summed E-state index contributed by atoms with van der Waals surface area (Å²) in [5.41, 5.74) is 0. The van der Waals surface area contributed by atoms with Crippen molar-refractivity contribution in [2.24, 2.45) is 0 Å². The van der Waals surface area contributed by atoms with Crippen LogP contribution in [0.1, 0.15) is 278 Å². The van der Waals surface area contributed by atoms with Crippen molar-refractivity contribution in [3.8, 4) is 0 Å². The van der Waals surface area contributed by atoms with Gasteiger partial charge in [-0.05, 0) is 70.6 Å². The summed E-state index contributed by atoms with van der Waals surface area (Å²) in [4.78, 5) is 38.0. The Labute approximate surface area is 402 Å². The van der Waals surface area contributed by atoms with Crippen LogP contribution < -0.4 is 0 Å². The van der Waals surface area contributed by atoms with Crippen molar-refractivity contribution in [2.45, 2.75) is 284 Å². The summed E-state index contributed by atoms with van der Waals surface area (Å²) in [5, 5.41) is 0. The third-order valence-electron chi connectivity index (χ3n) is 12.0. The van der Waals surface area contributed by atoms with Crippen LogP contribution >= 0.6 is 0 Å². The summed E-state index contributed by atoms with van der Waals surface area (Å²) < 4.78 is 16.7. The first-order valence-electron chi connectivity index (χ1n) is 27.8. The van der Waals surface area contributed by atoms with Gasteiger partial charge < -0.3 is 14.2 Å². The minimum Gasteiger partial charge on any atom is -0.462 e. The maximum atomic E-state index is 12.8. The van der Waals surface area contributed by atoms with E-state index in [0.29, 0.717) is 19.3 Å². The number of carbonyl (C=O) groups excluding carboxylic acids is 3. The molecular formula is C59H104O6. The molecule has 0 aliphatic carbocycles. The Hall–Kier alpha value is -2.89. The number of allylic oxidation sites excluding steroid dienone is 10. The van der Waals surface area contributed by atoms with E-state index in [1.54, 1.807) is 0 Å². The number of hydrogen-bond acceptors (Lipinski definition) is 6. The van der Waals surface area contributed by atoms with Gasteiger partial charge in [-0.15, -0.1) is 0 Å². The molecule has 0 N–H and O–H groups in total. The first-order chi connectivity index (χ1) is 32.0. The lowest BCUT2D eigenvalue weighted by Gasteiger charge is -2.18. The van der Waals surface area contributed by atoms with E-state index in [1.807, 2.05) is 6.08 Å². The fourth-order valence-electron chi connectivity index (χ4n) is 7.81. The second-order valence-electron chi connectivity index (χ2n) is 18.5. The maximum absolute atomic E-state index is 12.8. The van der Waals surface area contributed by atoms with E-state index in [-0.39, 0.29) is 44.0 Å². The molecule has 0 saturated heterocycles. The average molecular weight is 909 g/mol. The molecule has 0 amide bonds. The topological polar surface area (TPSA) is 78.9 Å². The van der Waals surface area contributed by atoms with Gasteiger partial charge in [0.1, 0.15) is 13.2 Å². The third-order valence-corrected chi connectivity index (χ3v) is 12.0. The smallest absolute Gasteiger partial charge is 0.306 e. The Morgan fingerprint density at radius 1 is 0.308 bits per heavy atom. The molecule has 1 unspecified atom stereocenters. The molecule has 376 valence electrons. The first kappa shape index (κ1) is 62.1. The molecule has 1 atom stereocenters. The minimum atomic E-state index is -0.814. The van der Waals surface area contributed by atoms with Crippen molar-refractivity contribution in [3.05, 3.63) is 60.8 Å². The highest BCUT2D eigenvalue weighted by molar-refractivity contribution is 5.71. The molecular weight excluding hydrogens is 805 g/mol. The lowest BCUT2D eigenvalue weighted by Crippen LogP contribution is -2.30. The largest absolute Gasteiger partial charge is 0.462 e. The summed E-state index contributed by atoms with van der Waals surface area (Å²) in [7, 11) is 0. The monoisotopic (exact) mass is 909 g/mol. The standard InChI is InChI=1S/C59H104O6/c1-4-7-10-13-16-19-22-25-27-29-31-34-37-40-43-46-49-52-58(61)64-55-56(54-63-57(60)51-48-45-42-39-36-33-24-21-18-15-12-9-6-3)65-59(62)53-50-47-44-41-38-35-32-30-28-26-23-20-17-14-11-8-5-2/h25,27,31,33-34,36,40,42-43,45,56H,4-24,26,28-30,32,35,37-39,41,44,46-55H2,1-3H3/b27-25+,34-31+,36-33+,43-40+,45-42+. The van der Waals surface area contributed by atoms with Crippen LogP contribution in [0.2, 0.25) is 0 Å². The maximum Gasteiger partial charge on any atom is 0.306 e. The second-order valence-corrected chi connectivity index (χ2v) is 18.5. The Bertz CT molecular complexity index is 1180. The molecule has 0 aliphatic rings. The van der Waals surface area contributed by atoms with E-state index in [4.69, 9.17) is 14.2 Å². The molecule has 0 spiro atoms. The van der Waals surface area contributed by atoms with Crippen LogP contribution in [-0.4, -0.2) is 37.2 Å². The lowest BCUT2D eigenvalue weighted by molar-refractivity contribution is -0.166. The van der Waals surface area contributed by atoms with E-state index in [0.717, 1.165) is 51.4 Å². The number of carbonyl (C=O) groups is 3. The lowest BCUT2D eigenvalue weighted by atomic mass is 10.0. The Morgan fingerprint density at radius 2 is 0.600 bits per heavy atom. The van der Waals surface area contributed by atoms with Crippen molar-refractivity contribution in [2.75, 3.05) is 13.2 Å². The minimum absolute atomic E-state index is 0.115. The van der Waals surface area contributed by atoms with Gasteiger partial charge in [0.2, 0.25) is 0 Å². The number of ether oxygens (including phenoxy) is 3. The predicted molar refractivity (Wildman–Crippen MR) is 279 cm³/mol. The Morgan fingerprint density at radius 3 is 1.00 bits per heavy atom. The molecule has 6 nitrogen and oxygen atoms in total. The summed E-state index contributed by atoms with van der Waals surface area (Å²) in [6.45, 7) is 6.55. The molecule has 0 fully saturated rings. The van der Waals surface area contributed by atoms with E-state index in [2.05, 4.69) is 75.5 Å². The number of hydrogen-bond donors (Lipinski definition) is 0. The second kappa shape index (κ2) is 53.7. The zero-order chi connectivity index (χ0) is 47.2. The normalized spacial score (nSPS) is 12.5. The summed E-state index contributed by atoms with van der Waals surface area (Å²) in [6, 6.07) is 0. The zero-order valence-corrected chi connectivity index (χ0v) is 43.0. The van der Waals surface area contributed by atoms with Gasteiger partial charge in [0.25, 0.3) is 0 Å². The van der Waals surface area contributed by atoms with Crippen molar-refractivity contribution in [1.29, 1.82) is 0 Å². The van der Waals surface area contributed by atoms with Crippen molar-refractivity contribution >= 4 is 17.9 Å². The van der Waals surface area contributed by atoms with Gasteiger partial charge in [-0.1, -0.05) is 248 Å². The van der Waals surface area contributed by atoms with Crippen molar-refractivity contribution in [1.82, 2.24) is 0 Å². The highest BCUT2D eigenvalue weighted by Crippen LogP contribution is 2.15. The zero-order valence-electron chi connectivity index (χ0n) is 43.0. The number of unbranched alkanes of at least 4 members (excludes halogenated alkanes) is 29. The number of esters is 3. The highest BCUT2D eigenvalue weighted by Gasteiger charge is 2.19.